The number of rotatable bonds is 8. The van der Waals surface area contributed by atoms with Gasteiger partial charge in [0, 0.05) is 34.9 Å². The third-order valence-electron chi connectivity index (χ3n) is 4.57. The second-order valence-corrected chi connectivity index (χ2v) is 7.11. The number of hydrogen-bond acceptors (Lipinski definition) is 7. The maximum Gasteiger partial charge on any atom is 0.248 e. The predicted molar refractivity (Wildman–Crippen MR) is 129 cm³/mol. The van der Waals surface area contributed by atoms with Crippen LogP contribution < -0.4 is 20.7 Å². The Morgan fingerprint density at radius 1 is 0.939 bits per heavy atom. The summed E-state index contributed by atoms with van der Waals surface area (Å²) in [4.78, 5) is 21.0. The molecular weight excluding hydrogens is 418 g/mol. The highest BCUT2D eigenvalue weighted by Gasteiger charge is 2.05. The Hall–Kier alpha value is -4.59. The molecule has 4 rings (SSSR count). The summed E-state index contributed by atoms with van der Waals surface area (Å²) in [5.74, 6) is 2.29. The number of hydrogen-bond donors (Lipinski definition) is 3. The van der Waals surface area contributed by atoms with Crippen LogP contribution in [-0.2, 0) is 4.79 Å². The predicted octanol–water partition coefficient (Wildman–Crippen LogP) is 5.53. The van der Waals surface area contributed by atoms with Crippen LogP contribution in [0.4, 0.5) is 28.8 Å². The van der Waals surface area contributed by atoms with Crippen molar-refractivity contribution in [3.63, 3.8) is 0 Å². The second kappa shape index (κ2) is 10.1. The Labute approximate surface area is 191 Å². The van der Waals surface area contributed by atoms with E-state index in [1.165, 1.54) is 6.08 Å². The number of methoxy groups -OCH3 is 1. The molecule has 2 heterocycles. The molecule has 2 aromatic heterocycles. The molecule has 0 radical (unpaired) electrons. The Morgan fingerprint density at radius 3 is 2.33 bits per heavy atom. The van der Waals surface area contributed by atoms with Crippen LogP contribution in [0.15, 0.2) is 83.5 Å². The van der Waals surface area contributed by atoms with E-state index in [9.17, 15) is 4.79 Å². The molecule has 4 aromatic rings. The van der Waals surface area contributed by atoms with E-state index < -0.39 is 0 Å². The quantitative estimate of drug-likeness (QED) is 0.309. The zero-order valence-electron chi connectivity index (χ0n) is 18.2. The second-order valence-electron chi connectivity index (χ2n) is 7.11. The van der Waals surface area contributed by atoms with Crippen LogP contribution in [-0.4, -0.2) is 23.0 Å². The van der Waals surface area contributed by atoms with Crippen LogP contribution in [0.3, 0.4) is 0 Å². The summed E-state index contributed by atoms with van der Waals surface area (Å²) in [6.07, 6.45) is 4.58. The maximum atomic E-state index is 12.1. The van der Waals surface area contributed by atoms with Gasteiger partial charge in [0.25, 0.3) is 0 Å². The number of carbonyl (C=O) groups excluding carboxylic acids is 1. The van der Waals surface area contributed by atoms with Crippen molar-refractivity contribution in [3.8, 4) is 5.75 Å². The van der Waals surface area contributed by atoms with Gasteiger partial charge in [-0.15, -0.1) is 0 Å². The zero-order valence-corrected chi connectivity index (χ0v) is 18.2. The standard InChI is InChI=1S/C25H23N5O3/c1-17-16-23(27-18-9-11-21(32-2)12-10-18)30-25(26-17)29-20-7-5-19(6-8-20)28-24(31)14-13-22-4-3-15-33-22/h3-16H,1-2H3,(H,28,31)(H2,26,27,29,30)/b14-13+. The molecule has 8 heteroatoms. The molecule has 0 saturated heterocycles. The first-order valence-electron chi connectivity index (χ1n) is 10.2. The minimum Gasteiger partial charge on any atom is -0.497 e. The molecule has 166 valence electrons. The van der Waals surface area contributed by atoms with Crippen LogP contribution >= 0.6 is 0 Å². The fourth-order valence-electron chi connectivity index (χ4n) is 3.00. The summed E-state index contributed by atoms with van der Waals surface area (Å²) in [5, 5.41) is 9.26. The van der Waals surface area contributed by atoms with Gasteiger partial charge in [0.2, 0.25) is 11.9 Å². The van der Waals surface area contributed by atoms with E-state index in [1.807, 2.05) is 49.4 Å². The van der Waals surface area contributed by atoms with Crippen molar-refractivity contribution < 1.29 is 13.9 Å². The third kappa shape index (κ3) is 6.20. The SMILES string of the molecule is COc1ccc(Nc2cc(C)nc(Nc3ccc(NC(=O)/C=C/c4ccco4)cc3)n2)cc1. The molecule has 0 saturated carbocycles. The molecule has 1 amide bonds. The molecule has 0 fully saturated rings. The highest BCUT2D eigenvalue weighted by atomic mass is 16.5. The van der Waals surface area contributed by atoms with E-state index >= 15 is 0 Å². The van der Waals surface area contributed by atoms with E-state index in [0.717, 1.165) is 22.8 Å². The average Bonchev–Trinajstić information content (AvgIpc) is 3.33. The number of furan rings is 1. The first-order chi connectivity index (χ1) is 16.1. The number of anilines is 5. The highest BCUT2D eigenvalue weighted by Crippen LogP contribution is 2.22. The van der Waals surface area contributed by atoms with Gasteiger partial charge >= 0.3 is 0 Å². The molecule has 33 heavy (non-hydrogen) atoms. The van der Waals surface area contributed by atoms with Gasteiger partial charge in [-0.3, -0.25) is 4.79 Å². The summed E-state index contributed by atoms with van der Waals surface area (Å²) in [5.41, 5.74) is 3.17. The van der Waals surface area contributed by atoms with Gasteiger partial charge in [0.05, 0.1) is 13.4 Å². The molecule has 0 aliphatic carbocycles. The molecule has 3 N–H and O–H groups in total. The Morgan fingerprint density at radius 2 is 1.64 bits per heavy atom. The molecule has 0 spiro atoms. The fraction of sp³-hybridized carbons (Fsp3) is 0.0800. The third-order valence-corrected chi connectivity index (χ3v) is 4.57. The van der Waals surface area contributed by atoms with Crippen molar-refractivity contribution in [1.82, 2.24) is 9.97 Å². The topological polar surface area (TPSA) is 101 Å². The first kappa shape index (κ1) is 21.6. The highest BCUT2D eigenvalue weighted by molar-refractivity contribution is 6.01. The van der Waals surface area contributed by atoms with Crippen molar-refractivity contribution in [1.29, 1.82) is 0 Å². The zero-order chi connectivity index (χ0) is 23.0. The van der Waals surface area contributed by atoms with Gasteiger partial charge < -0.3 is 25.1 Å². The lowest BCUT2D eigenvalue weighted by Crippen LogP contribution is -2.07. The Bertz CT molecular complexity index is 1230. The molecular formula is C25H23N5O3. The molecule has 0 unspecified atom stereocenters. The number of nitrogens with zero attached hydrogens (tertiary/aromatic N) is 2. The van der Waals surface area contributed by atoms with E-state index in [2.05, 4.69) is 25.9 Å². The Balaban J connectivity index is 1.38. The maximum absolute atomic E-state index is 12.1. The molecule has 8 nitrogen and oxygen atoms in total. The van der Waals surface area contributed by atoms with Crippen molar-refractivity contribution >= 4 is 40.8 Å². The fourth-order valence-corrected chi connectivity index (χ4v) is 3.00. The lowest BCUT2D eigenvalue weighted by molar-refractivity contribution is -0.111. The van der Waals surface area contributed by atoms with E-state index in [1.54, 1.807) is 43.7 Å². The lowest BCUT2D eigenvalue weighted by Gasteiger charge is -2.11. The molecule has 2 aromatic carbocycles. The van der Waals surface area contributed by atoms with E-state index in [-0.39, 0.29) is 5.91 Å². The Kier molecular flexibility index (Phi) is 6.65. The number of nitrogens with one attached hydrogen (secondary N) is 3. The number of carbonyl (C=O) groups is 1. The van der Waals surface area contributed by atoms with Crippen molar-refractivity contribution in [2.75, 3.05) is 23.1 Å². The lowest BCUT2D eigenvalue weighted by atomic mass is 10.2. The van der Waals surface area contributed by atoms with Gasteiger partial charge in [-0.1, -0.05) is 0 Å². The smallest absolute Gasteiger partial charge is 0.248 e. The average molecular weight is 441 g/mol. The number of aromatic nitrogens is 2. The molecule has 0 atom stereocenters. The summed E-state index contributed by atoms with van der Waals surface area (Å²) < 4.78 is 10.4. The van der Waals surface area contributed by atoms with Crippen LogP contribution in [0, 0.1) is 6.92 Å². The van der Waals surface area contributed by atoms with Gasteiger partial charge in [-0.05, 0) is 73.7 Å². The summed E-state index contributed by atoms with van der Waals surface area (Å²) in [6.45, 7) is 1.90. The number of benzene rings is 2. The van der Waals surface area contributed by atoms with Gasteiger partial charge in [0.15, 0.2) is 0 Å². The number of aryl methyl sites for hydroxylation is 1. The largest absolute Gasteiger partial charge is 0.497 e. The van der Waals surface area contributed by atoms with Crippen LogP contribution in [0.5, 0.6) is 5.75 Å². The monoisotopic (exact) mass is 441 g/mol. The summed E-state index contributed by atoms with van der Waals surface area (Å²) >= 11 is 0. The minimum absolute atomic E-state index is 0.247. The van der Waals surface area contributed by atoms with Gasteiger partial charge in [-0.25, -0.2) is 4.98 Å². The number of amides is 1. The minimum atomic E-state index is -0.247. The molecule has 0 bridgehead atoms. The van der Waals surface area contributed by atoms with Crippen LogP contribution in [0.25, 0.3) is 6.08 Å². The first-order valence-corrected chi connectivity index (χ1v) is 10.2. The number of ether oxygens (including phenoxy) is 1. The van der Waals surface area contributed by atoms with Gasteiger partial charge in [-0.2, -0.15) is 4.98 Å². The molecule has 0 aliphatic rings. The summed E-state index contributed by atoms with van der Waals surface area (Å²) in [6, 6.07) is 20.3. The van der Waals surface area contributed by atoms with Crippen molar-refractivity contribution in [2.45, 2.75) is 6.92 Å². The van der Waals surface area contributed by atoms with Crippen LogP contribution in [0.2, 0.25) is 0 Å². The van der Waals surface area contributed by atoms with E-state index in [0.29, 0.717) is 23.2 Å². The summed E-state index contributed by atoms with van der Waals surface area (Å²) in [7, 11) is 1.63. The van der Waals surface area contributed by atoms with Crippen molar-refractivity contribution in [3.05, 3.63) is 90.5 Å². The van der Waals surface area contributed by atoms with Crippen LogP contribution in [0.1, 0.15) is 11.5 Å². The normalized spacial score (nSPS) is 10.7. The van der Waals surface area contributed by atoms with Gasteiger partial charge in [0.1, 0.15) is 17.3 Å². The van der Waals surface area contributed by atoms with Crippen molar-refractivity contribution in [2.24, 2.45) is 0 Å². The van der Waals surface area contributed by atoms with E-state index in [4.69, 9.17) is 9.15 Å². The molecule has 0 aliphatic heterocycles.